The van der Waals surface area contributed by atoms with Gasteiger partial charge < -0.3 is 9.47 Å². The highest BCUT2D eigenvalue weighted by Crippen LogP contribution is 2.63. The Labute approximate surface area is 271 Å². The van der Waals surface area contributed by atoms with Crippen LogP contribution in [0.4, 0.5) is 8.78 Å². The van der Waals surface area contributed by atoms with Gasteiger partial charge in [-0.15, -0.1) is 0 Å². The zero-order valence-corrected chi connectivity index (χ0v) is 28.5. The van der Waals surface area contributed by atoms with Gasteiger partial charge in [0.05, 0.1) is 13.2 Å². The Kier molecular flexibility index (Phi) is 8.52. The minimum atomic E-state index is -0.181. The van der Waals surface area contributed by atoms with Crippen molar-refractivity contribution in [1.82, 2.24) is 0 Å². The Balaban J connectivity index is 0.000000145. The molecule has 6 aliphatic rings. The molecular weight excluding hydrogens is 562 g/mol. The van der Waals surface area contributed by atoms with Crippen molar-refractivity contribution < 1.29 is 18.3 Å². The molecule has 9 atom stereocenters. The lowest BCUT2D eigenvalue weighted by Gasteiger charge is -2.50. The van der Waals surface area contributed by atoms with E-state index in [-0.39, 0.29) is 11.6 Å². The lowest BCUT2D eigenvalue weighted by molar-refractivity contribution is 0.0335. The van der Waals surface area contributed by atoms with Crippen LogP contribution in [0.15, 0.2) is 24.3 Å². The highest BCUT2D eigenvalue weighted by molar-refractivity contribution is 5.43. The molecule has 0 aliphatic heterocycles. The summed E-state index contributed by atoms with van der Waals surface area (Å²) in [6, 6.07) is 7.56. The molecule has 0 heterocycles. The van der Waals surface area contributed by atoms with Crippen LogP contribution in [0.3, 0.4) is 0 Å². The first-order valence-electron chi connectivity index (χ1n) is 18.6. The van der Waals surface area contributed by atoms with Crippen LogP contribution in [0.2, 0.25) is 0 Å². The molecule has 8 unspecified atom stereocenters. The first-order valence-corrected chi connectivity index (χ1v) is 18.6. The first kappa shape index (κ1) is 31.5. The van der Waals surface area contributed by atoms with Gasteiger partial charge in [-0.25, -0.2) is 8.78 Å². The van der Waals surface area contributed by atoms with Crippen LogP contribution in [-0.2, 0) is 12.8 Å². The molecule has 0 amide bonds. The summed E-state index contributed by atoms with van der Waals surface area (Å²) in [6.07, 6.45) is 16.8. The molecule has 4 fully saturated rings. The number of hydrogen-bond donors (Lipinski definition) is 0. The van der Waals surface area contributed by atoms with Gasteiger partial charge in [0.2, 0.25) is 0 Å². The first-order chi connectivity index (χ1) is 21.7. The molecule has 2 aromatic carbocycles. The van der Waals surface area contributed by atoms with E-state index in [1.807, 2.05) is 26.0 Å². The third-order valence-corrected chi connectivity index (χ3v) is 14.4. The summed E-state index contributed by atoms with van der Waals surface area (Å²) in [6.45, 7) is 12.4. The van der Waals surface area contributed by atoms with E-state index in [0.717, 1.165) is 42.4 Å². The van der Waals surface area contributed by atoms with Crippen molar-refractivity contribution in [2.45, 2.75) is 130 Å². The summed E-state index contributed by atoms with van der Waals surface area (Å²) in [4.78, 5) is 0. The standard InChI is InChI=1S/C21H29FO.C20H27FO/c1-4-23-20-12-17-14(11-19(20)22)6-7-16-15(17)9-10-21(3)13(2)5-8-18(16)21;1-3-22-19-12-16-13(11-18(19)21)6-7-15-14(16)8-10-20(2)9-4-5-17(15)20/h11-13,15-16,18H,4-10H2,1-3H3;11-12,14-15,17H,3-10H2,1-2H3/t;14?,15?,17?,20-/m.0/s1. The van der Waals surface area contributed by atoms with Crippen LogP contribution in [0.25, 0.3) is 0 Å². The lowest BCUT2D eigenvalue weighted by Crippen LogP contribution is -2.41. The number of aryl methyl sites for hydroxylation is 2. The van der Waals surface area contributed by atoms with Crippen LogP contribution in [0, 0.1) is 52.1 Å². The van der Waals surface area contributed by atoms with Crippen molar-refractivity contribution in [2.75, 3.05) is 13.2 Å². The predicted octanol–water partition coefficient (Wildman–Crippen LogP) is 11.2. The molecule has 8 rings (SSSR count). The molecule has 0 saturated heterocycles. The van der Waals surface area contributed by atoms with E-state index in [4.69, 9.17) is 9.47 Å². The second-order valence-corrected chi connectivity index (χ2v) is 16.3. The number of hydrogen-bond acceptors (Lipinski definition) is 2. The van der Waals surface area contributed by atoms with E-state index in [0.29, 0.717) is 47.4 Å². The summed E-state index contributed by atoms with van der Waals surface area (Å²) < 4.78 is 39.4. The van der Waals surface area contributed by atoms with E-state index in [1.54, 1.807) is 12.1 Å². The maximum atomic E-state index is 14.2. The second-order valence-electron chi connectivity index (χ2n) is 16.3. The smallest absolute Gasteiger partial charge is 0.165 e. The molecule has 246 valence electrons. The third-order valence-electron chi connectivity index (χ3n) is 14.4. The van der Waals surface area contributed by atoms with Gasteiger partial charge in [0.1, 0.15) is 0 Å². The van der Waals surface area contributed by atoms with Crippen molar-refractivity contribution in [3.63, 3.8) is 0 Å². The Hall–Kier alpha value is -2.10. The van der Waals surface area contributed by atoms with Crippen molar-refractivity contribution in [2.24, 2.45) is 40.4 Å². The minimum absolute atomic E-state index is 0.180. The van der Waals surface area contributed by atoms with Crippen molar-refractivity contribution in [3.05, 3.63) is 58.2 Å². The second kappa shape index (κ2) is 12.2. The molecular formula is C41H56F2O2. The highest BCUT2D eigenvalue weighted by atomic mass is 19.1. The van der Waals surface area contributed by atoms with Crippen LogP contribution < -0.4 is 9.47 Å². The quantitative estimate of drug-likeness (QED) is 0.339. The monoisotopic (exact) mass is 618 g/mol. The highest BCUT2D eigenvalue weighted by Gasteiger charge is 2.53. The normalized spacial score (nSPS) is 37.5. The molecule has 0 radical (unpaired) electrons. The maximum absolute atomic E-state index is 14.2. The van der Waals surface area contributed by atoms with Gasteiger partial charge in [0.15, 0.2) is 23.1 Å². The number of halogens is 2. The predicted molar refractivity (Wildman–Crippen MR) is 178 cm³/mol. The molecule has 45 heavy (non-hydrogen) atoms. The van der Waals surface area contributed by atoms with Crippen molar-refractivity contribution in [3.8, 4) is 11.5 Å². The molecule has 2 aromatic rings. The fraction of sp³-hybridized carbons (Fsp3) is 0.707. The van der Waals surface area contributed by atoms with Gasteiger partial charge in [0, 0.05) is 0 Å². The minimum Gasteiger partial charge on any atom is -0.491 e. The summed E-state index contributed by atoms with van der Waals surface area (Å²) in [5.41, 5.74) is 6.40. The molecule has 0 N–H and O–H groups in total. The average Bonchev–Trinajstić information content (AvgIpc) is 3.57. The van der Waals surface area contributed by atoms with E-state index >= 15 is 0 Å². The van der Waals surface area contributed by atoms with Crippen LogP contribution in [0.1, 0.15) is 139 Å². The molecule has 0 aromatic heterocycles. The number of fused-ring (bicyclic) bond motifs is 10. The molecule has 0 bridgehead atoms. The summed E-state index contributed by atoms with van der Waals surface area (Å²) >= 11 is 0. The Bertz CT molecular complexity index is 1400. The largest absolute Gasteiger partial charge is 0.491 e. The van der Waals surface area contributed by atoms with Gasteiger partial charge in [-0.05, 0) is 190 Å². The molecule has 4 heteroatoms. The Morgan fingerprint density at radius 1 is 0.667 bits per heavy atom. The lowest BCUT2D eigenvalue weighted by atomic mass is 9.54. The average molecular weight is 619 g/mol. The summed E-state index contributed by atoms with van der Waals surface area (Å²) in [7, 11) is 0. The summed E-state index contributed by atoms with van der Waals surface area (Å²) in [5, 5.41) is 0. The van der Waals surface area contributed by atoms with E-state index < -0.39 is 0 Å². The zero-order valence-electron chi connectivity index (χ0n) is 28.5. The number of rotatable bonds is 4. The van der Waals surface area contributed by atoms with Crippen molar-refractivity contribution in [1.29, 1.82) is 0 Å². The fourth-order valence-electron chi connectivity index (χ4n) is 11.9. The van der Waals surface area contributed by atoms with E-state index in [2.05, 4.69) is 20.8 Å². The van der Waals surface area contributed by atoms with Gasteiger partial charge in [-0.2, -0.15) is 0 Å². The van der Waals surface area contributed by atoms with E-state index in [1.165, 1.54) is 92.9 Å². The van der Waals surface area contributed by atoms with Gasteiger partial charge >= 0.3 is 0 Å². The molecule has 4 saturated carbocycles. The van der Waals surface area contributed by atoms with Gasteiger partial charge in [-0.3, -0.25) is 0 Å². The number of ether oxygens (including phenoxy) is 2. The SMILES string of the molecule is CCOc1cc2c(cc1F)CCC1C2CCC2(C)C(C)CCC12.CCOc1cc2c(cc1F)CCC1C2CC[C@]2(C)CCCC12. The topological polar surface area (TPSA) is 18.5 Å². The van der Waals surface area contributed by atoms with Gasteiger partial charge in [-0.1, -0.05) is 27.2 Å². The van der Waals surface area contributed by atoms with Crippen LogP contribution >= 0.6 is 0 Å². The van der Waals surface area contributed by atoms with Gasteiger partial charge in [0.25, 0.3) is 0 Å². The van der Waals surface area contributed by atoms with Crippen LogP contribution in [-0.4, -0.2) is 13.2 Å². The zero-order chi connectivity index (χ0) is 31.5. The van der Waals surface area contributed by atoms with E-state index in [9.17, 15) is 8.78 Å². The maximum Gasteiger partial charge on any atom is 0.165 e. The fourth-order valence-corrected chi connectivity index (χ4v) is 11.9. The van der Waals surface area contributed by atoms with Crippen LogP contribution in [0.5, 0.6) is 11.5 Å². The Morgan fingerprint density at radius 2 is 1.22 bits per heavy atom. The summed E-state index contributed by atoms with van der Waals surface area (Å²) in [5.74, 6) is 6.05. The Morgan fingerprint density at radius 3 is 1.80 bits per heavy atom. The third kappa shape index (κ3) is 5.33. The molecule has 6 aliphatic carbocycles. The van der Waals surface area contributed by atoms with Crippen molar-refractivity contribution >= 4 is 0 Å². The number of benzene rings is 2. The molecule has 0 spiro atoms. The molecule has 2 nitrogen and oxygen atoms in total.